The summed E-state index contributed by atoms with van der Waals surface area (Å²) in [5.74, 6) is -1.36. The molecule has 0 unspecified atom stereocenters. The summed E-state index contributed by atoms with van der Waals surface area (Å²) >= 11 is 0. The summed E-state index contributed by atoms with van der Waals surface area (Å²) in [7, 11) is -3.61. The quantitative estimate of drug-likeness (QED) is 0.642. The number of carboxylic acid groups (broad SMARTS) is 1. The van der Waals surface area contributed by atoms with Crippen LogP contribution in [-0.2, 0) is 16.6 Å². The van der Waals surface area contributed by atoms with Gasteiger partial charge in [-0.1, -0.05) is 13.8 Å². The third-order valence-corrected chi connectivity index (χ3v) is 4.84. The molecule has 1 amide bonds. The second kappa shape index (κ2) is 8.15. The molecule has 8 nitrogen and oxygen atoms in total. The van der Waals surface area contributed by atoms with Gasteiger partial charge in [0.2, 0.25) is 15.8 Å². The van der Waals surface area contributed by atoms with Crippen molar-refractivity contribution in [2.24, 2.45) is 5.92 Å². The predicted molar refractivity (Wildman–Crippen MR) is 93.3 cm³/mol. The maximum absolute atomic E-state index is 12.1. The molecule has 0 aliphatic rings. The molecule has 3 N–H and O–H groups in total. The average Bonchev–Trinajstić information content (AvgIpc) is 3.07. The highest BCUT2D eigenvalue weighted by Crippen LogP contribution is 2.12. The molecule has 1 aromatic carbocycles. The molecule has 0 fully saturated rings. The van der Waals surface area contributed by atoms with Crippen LogP contribution in [-0.4, -0.2) is 31.9 Å². The van der Waals surface area contributed by atoms with Crippen LogP contribution < -0.4 is 10.0 Å². The maximum atomic E-state index is 12.1. The molecule has 0 bridgehead atoms. The fourth-order valence-corrected chi connectivity index (χ4v) is 3.22. The van der Waals surface area contributed by atoms with Gasteiger partial charge in [0.05, 0.1) is 11.4 Å². The smallest absolute Gasteiger partial charge is 0.371 e. The van der Waals surface area contributed by atoms with E-state index in [2.05, 4.69) is 10.0 Å². The van der Waals surface area contributed by atoms with Crippen LogP contribution in [0.4, 0.5) is 0 Å². The van der Waals surface area contributed by atoms with E-state index in [1.54, 1.807) is 0 Å². The lowest BCUT2D eigenvalue weighted by Gasteiger charge is -2.09. The van der Waals surface area contributed by atoms with Crippen LogP contribution in [0.3, 0.4) is 0 Å². The number of benzene rings is 1. The van der Waals surface area contributed by atoms with Gasteiger partial charge < -0.3 is 14.8 Å². The third kappa shape index (κ3) is 5.17. The second-order valence-electron chi connectivity index (χ2n) is 6.02. The van der Waals surface area contributed by atoms with Crippen molar-refractivity contribution in [3.8, 4) is 0 Å². The van der Waals surface area contributed by atoms with Gasteiger partial charge >= 0.3 is 5.97 Å². The van der Waals surface area contributed by atoms with Crippen molar-refractivity contribution in [2.75, 3.05) is 6.54 Å². The Labute approximate surface area is 151 Å². The number of nitrogens with one attached hydrogen (secondary N) is 2. The highest BCUT2D eigenvalue weighted by Gasteiger charge is 2.15. The van der Waals surface area contributed by atoms with Crippen molar-refractivity contribution < 1.29 is 27.5 Å². The van der Waals surface area contributed by atoms with Gasteiger partial charge in [0, 0.05) is 12.1 Å². The lowest BCUT2D eigenvalue weighted by molar-refractivity contribution is 0.0660. The zero-order chi connectivity index (χ0) is 19.3. The molecule has 2 rings (SSSR count). The van der Waals surface area contributed by atoms with Crippen LogP contribution in [0.2, 0.25) is 0 Å². The number of rotatable bonds is 8. The van der Waals surface area contributed by atoms with E-state index in [0.717, 1.165) is 0 Å². The van der Waals surface area contributed by atoms with Gasteiger partial charge in [-0.05, 0) is 42.3 Å². The normalized spacial score (nSPS) is 11.5. The van der Waals surface area contributed by atoms with Crippen molar-refractivity contribution in [1.82, 2.24) is 10.0 Å². The van der Waals surface area contributed by atoms with E-state index in [-0.39, 0.29) is 28.7 Å². The average molecular weight is 380 g/mol. The highest BCUT2D eigenvalue weighted by atomic mass is 32.2. The fourth-order valence-electron chi connectivity index (χ4n) is 2.00. The van der Waals surface area contributed by atoms with E-state index in [1.807, 2.05) is 13.8 Å². The molecule has 0 aliphatic carbocycles. The van der Waals surface area contributed by atoms with Crippen molar-refractivity contribution in [2.45, 2.75) is 25.3 Å². The minimum absolute atomic E-state index is 0.0160. The second-order valence-corrected chi connectivity index (χ2v) is 7.79. The Hall–Kier alpha value is -2.65. The lowest BCUT2D eigenvalue weighted by Crippen LogP contribution is -2.27. The van der Waals surface area contributed by atoms with Crippen LogP contribution >= 0.6 is 0 Å². The Kier molecular flexibility index (Phi) is 6.17. The summed E-state index contributed by atoms with van der Waals surface area (Å²) in [5.41, 5.74) is 0.276. The topological polar surface area (TPSA) is 126 Å². The molecule has 0 atom stereocenters. The molecule has 0 aliphatic heterocycles. The number of carbonyl (C=O) groups excluding carboxylic acids is 1. The SMILES string of the molecule is CC(C)CNS(=O)(=O)c1ccc(C(=O)NCc2ccc(C(=O)O)o2)cc1. The summed E-state index contributed by atoms with van der Waals surface area (Å²) in [6.07, 6.45) is 0. The van der Waals surface area contributed by atoms with Crippen molar-refractivity contribution in [1.29, 1.82) is 0 Å². The Morgan fingerprint density at radius 1 is 1.12 bits per heavy atom. The summed E-state index contributed by atoms with van der Waals surface area (Å²) < 4.78 is 31.8. The number of sulfonamides is 1. The Bertz CT molecular complexity index is 884. The molecule has 2 aromatic rings. The number of hydrogen-bond donors (Lipinski definition) is 3. The summed E-state index contributed by atoms with van der Waals surface area (Å²) in [6.45, 7) is 4.14. The van der Waals surface area contributed by atoms with E-state index < -0.39 is 21.9 Å². The number of aromatic carboxylic acids is 1. The monoisotopic (exact) mass is 380 g/mol. The molecular weight excluding hydrogens is 360 g/mol. The first-order valence-corrected chi connectivity index (χ1v) is 9.37. The number of carbonyl (C=O) groups is 2. The zero-order valence-electron chi connectivity index (χ0n) is 14.4. The van der Waals surface area contributed by atoms with Crippen LogP contribution in [0.1, 0.15) is 40.5 Å². The molecule has 1 aromatic heterocycles. The first-order chi connectivity index (χ1) is 12.2. The van der Waals surface area contributed by atoms with Gasteiger partial charge in [0.15, 0.2) is 0 Å². The number of amides is 1. The largest absolute Gasteiger partial charge is 0.475 e. The third-order valence-electron chi connectivity index (χ3n) is 3.40. The van der Waals surface area contributed by atoms with Gasteiger partial charge in [-0.3, -0.25) is 4.79 Å². The number of carboxylic acids is 1. The van der Waals surface area contributed by atoms with Gasteiger partial charge in [0.25, 0.3) is 5.91 Å². The van der Waals surface area contributed by atoms with Gasteiger partial charge in [0.1, 0.15) is 5.76 Å². The van der Waals surface area contributed by atoms with Crippen molar-refractivity contribution in [3.63, 3.8) is 0 Å². The number of furan rings is 1. The lowest BCUT2D eigenvalue weighted by atomic mass is 10.2. The predicted octanol–water partition coefficient (Wildman–Crippen LogP) is 1.84. The minimum atomic E-state index is -3.61. The van der Waals surface area contributed by atoms with E-state index >= 15 is 0 Å². The standard InChI is InChI=1S/C17H20N2O6S/c1-11(2)9-19-26(23,24)14-6-3-12(4-7-14)16(20)18-10-13-5-8-15(25-13)17(21)22/h3-8,11,19H,9-10H2,1-2H3,(H,18,20)(H,21,22). The number of hydrogen-bond acceptors (Lipinski definition) is 5. The van der Waals surface area contributed by atoms with E-state index in [9.17, 15) is 18.0 Å². The van der Waals surface area contributed by atoms with Crippen molar-refractivity contribution in [3.05, 3.63) is 53.5 Å². The molecule has 26 heavy (non-hydrogen) atoms. The first-order valence-electron chi connectivity index (χ1n) is 7.89. The molecule has 0 saturated carbocycles. The van der Waals surface area contributed by atoms with E-state index in [4.69, 9.17) is 9.52 Å². The first kappa shape index (κ1) is 19.7. The summed E-state index contributed by atoms with van der Waals surface area (Å²) in [5, 5.41) is 11.4. The van der Waals surface area contributed by atoms with Gasteiger partial charge in [-0.25, -0.2) is 17.9 Å². The van der Waals surface area contributed by atoms with E-state index in [0.29, 0.717) is 12.3 Å². The van der Waals surface area contributed by atoms with Crippen molar-refractivity contribution >= 4 is 21.9 Å². The van der Waals surface area contributed by atoms with Gasteiger partial charge in [-0.2, -0.15) is 0 Å². The molecule has 9 heteroatoms. The summed E-state index contributed by atoms with van der Waals surface area (Å²) in [6, 6.07) is 8.28. The highest BCUT2D eigenvalue weighted by molar-refractivity contribution is 7.89. The minimum Gasteiger partial charge on any atom is -0.475 e. The van der Waals surface area contributed by atoms with Crippen LogP contribution in [0.25, 0.3) is 0 Å². The molecule has 140 valence electrons. The molecule has 0 saturated heterocycles. The fraction of sp³-hybridized carbons (Fsp3) is 0.294. The molecule has 0 radical (unpaired) electrons. The molecular formula is C17H20N2O6S. The maximum Gasteiger partial charge on any atom is 0.371 e. The van der Waals surface area contributed by atoms with Crippen LogP contribution in [0.15, 0.2) is 45.7 Å². The molecule has 0 spiro atoms. The van der Waals surface area contributed by atoms with E-state index in [1.165, 1.54) is 36.4 Å². The summed E-state index contributed by atoms with van der Waals surface area (Å²) in [4.78, 5) is 22.9. The Morgan fingerprint density at radius 2 is 1.77 bits per heavy atom. The van der Waals surface area contributed by atoms with Crippen LogP contribution in [0.5, 0.6) is 0 Å². The Morgan fingerprint density at radius 3 is 2.31 bits per heavy atom. The van der Waals surface area contributed by atoms with Gasteiger partial charge in [-0.15, -0.1) is 0 Å². The Balaban J connectivity index is 1.98. The van der Waals surface area contributed by atoms with Crippen LogP contribution in [0, 0.1) is 5.92 Å². The molecule has 1 heterocycles. The zero-order valence-corrected chi connectivity index (χ0v) is 15.2.